The number of rotatable bonds is 4. The molecular weight excluding hydrogens is 367 g/mol. The van der Waals surface area contributed by atoms with Gasteiger partial charge in [0.25, 0.3) is 0 Å². The van der Waals surface area contributed by atoms with Crippen molar-refractivity contribution in [3.05, 3.63) is 65.0 Å². The number of anilines is 1. The maximum atomic E-state index is 13.6. The van der Waals surface area contributed by atoms with Gasteiger partial charge in [0.05, 0.1) is 6.04 Å². The molecule has 1 aliphatic heterocycles. The zero-order chi connectivity index (χ0) is 20.4. The van der Waals surface area contributed by atoms with Crippen LogP contribution in [-0.2, 0) is 9.59 Å². The van der Waals surface area contributed by atoms with E-state index < -0.39 is 6.04 Å². The largest absolute Gasteiger partial charge is 0.324 e. The average molecular weight is 394 g/mol. The molecule has 0 bridgehead atoms. The van der Waals surface area contributed by atoms with Crippen molar-refractivity contribution in [2.45, 2.75) is 51.5 Å². The molecule has 0 aromatic heterocycles. The average Bonchev–Trinajstić information content (AvgIpc) is 3.17. The molecule has 29 heavy (non-hydrogen) atoms. The molecule has 4 rings (SSSR count). The van der Waals surface area contributed by atoms with E-state index in [0.717, 1.165) is 23.1 Å². The Hall–Kier alpha value is -2.69. The fourth-order valence-corrected chi connectivity index (χ4v) is 4.63. The lowest BCUT2D eigenvalue weighted by atomic mass is 9.93. The van der Waals surface area contributed by atoms with Crippen molar-refractivity contribution in [1.82, 2.24) is 4.90 Å². The summed E-state index contributed by atoms with van der Waals surface area (Å²) in [5, 5.41) is 2.94. The Morgan fingerprint density at radius 3 is 2.59 bits per heavy atom. The molecule has 1 fully saturated rings. The summed E-state index contributed by atoms with van der Waals surface area (Å²) in [7, 11) is 0. The summed E-state index contributed by atoms with van der Waals surface area (Å²) in [6.07, 6.45) is 6.19. The molecule has 1 N–H and O–H groups in total. The second kappa shape index (κ2) is 8.36. The standard InChI is InChI=1S/C24H27FN2O2/c1-16-6-12-21-20(14-16)24(18-8-10-19(25)11-9-18)27(15-22(28)26-21)23(29)13-7-17-4-2-3-5-17/h6,8-12,14,17,24H,2-5,7,13,15H2,1H3,(H,26,28). The molecule has 1 aliphatic carbocycles. The number of aryl methyl sites for hydroxylation is 1. The van der Waals surface area contributed by atoms with Gasteiger partial charge in [-0.05, 0) is 43.0 Å². The number of carbonyl (C=O) groups excluding carboxylic acids is 2. The van der Waals surface area contributed by atoms with E-state index in [4.69, 9.17) is 0 Å². The lowest BCUT2D eigenvalue weighted by Crippen LogP contribution is -2.39. The van der Waals surface area contributed by atoms with Crippen molar-refractivity contribution in [2.24, 2.45) is 5.92 Å². The van der Waals surface area contributed by atoms with Crippen LogP contribution >= 0.6 is 0 Å². The van der Waals surface area contributed by atoms with E-state index in [1.165, 1.54) is 37.8 Å². The molecular formula is C24H27FN2O2. The van der Waals surface area contributed by atoms with Gasteiger partial charge in [0.1, 0.15) is 12.4 Å². The van der Waals surface area contributed by atoms with Gasteiger partial charge in [0, 0.05) is 17.7 Å². The number of nitrogens with zero attached hydrogens (tertiary/aromatic N) is 1. The number of halogens is 1. The van der Waals surface area contributed by atoms with E-state index in [1.54, 1.807) is 17.0 Å². The first kappa shape index (κ1) is 19.6. The van der Waals surface area contributed by atoms with E-state index in [0.29, 0.717) is 18.0 Å². The predicted molar refractivity (Wildman–Crippen MR) is 111 cm³/mol. The summed E-state index contributed by atoms with van der Waals surface area (Å²) in [4.78, 5) is 27.5. The number of amides is 2. The van der Waals surface area contributed by atoms with Crippen molar-refractivity contribution in [3.8, 4) is 0 Å². The van der Waals surface area contributed by atoms with Crippen molar-refractivity contribution in [2.75, 3.05) is 11.9 Å². The third-order valence-electron chi connectivity index (χ3n) is 6.15. The van der Waals surface area contributed by atoms with Gasteiger partial charge >= 0.3 is 0 Å². The van der Waals surface area contributed by atoms with Gasteiger partial charge in [0.2, 0.25) is 11.8 Å². The van der Waals surface area contributed by atoms with E-state index in [9.17, 15) is 14.0 Å². The van der Waals surface area contributed by atoms with Gasteiger partial charge in [-0.15, -0.1) is 0 Å². The number of hydrogen-bond acceptors (Lipinski definition) is 2. The summed E-state index contributed by atoms with van der Waals surface area (Å²) in [5.74, 6) is 0.0726. The Kier molecular flexibility index (Phi) is 5.65. The molecule has 2 aromatic rings. The van der Waals surface area contributed by atoms with Crippen LogP contribution in [0.3, 0.4) is 0 Å². The highest BCUT2D eigenvalue weighted by Gasteiger charge is 2.33. The number of carbonyl (C=O) groups is 2. The second-order valence-electron chi connectivity index (χ2n) is 8.30. The summed E-state index contributed by atoms with van der Waals surface area (Å²) in [5.41, 5.74) is 3.44. The first-order chi connectivity index (χ1) is 14.0. The van der Waals surface area contributed by atoms with E-state index in [-0.39, 0.29) is 24.2 Å². The summed E-state index contributed by atoms with van der Waals surface area (Å²) >= 11 is 0. The van der Waals surface area contributed by atoms with Crippen LogP contribution in [-0.4, -0.2) is 23.3 Å². The number of hydrogen-bond donors (Lipinski definition) is 1. The molecule has 1 heterocycles. The maximum absolute atomic E-state index is 13.6. The zero-order valence-corrected chi connectivity index (χ0v) is 16.8. The quantitative estimate of drug-likeness (QED) is 0.796. The van der Waals surface area contributed by atoms with Gasteiger partial charge in [-0.3, -0.25) is 9.59 Å². The molecule has 1 atom stereocenters. The maximum Gasteiger partial charge on any atom is 0.244 e. The van der Waals surface area contributed by atoms with Crippen LogP contribution in [0.1, 0.15) is 61.3 Å². The fourth-order valence-electron chi connectivity index (χ4n) is 4.63. The molecule has 152 valence electrons. The molecule has 4 nitrogen and oxygen atoms in total. The lowest BCUT2D eigenvalue weighted by molar-refractivity contribution is -0.136. The van der Waals surface area contributed by atoms with Crippen LogP contribution in [0.4, 0.5) is 10.1 Å². The molecule has 0 spiro atoms. The lowest BCUT2D eigenvalue weighted by Gasteiger charge is -2.31. The Morgan fingerprint density at radius 1 is 1.14 bits per heavy atom. The zero-order valence-electron chi connectivity index (χ0n) is 16.8. The van der Waals surface area contributed by atoms with Gasteiger partial charge in [0.15, 0.2) is 0 Å². The Balaban J connectivity index is 1.70. The van der Waals surface area contributed by atoms with Crippen molar-refractivity contribution >= 4 is 17.5 Å². The van der Waals surface area contributed by atoms with Gasteiger partial charge in [-0.2, -0.15) is 0 Å². The van der Waals surface area contributed by atoms with Gasteiger partial charge in [-0.1, -0.05) is 55.5 Å². The molecule has 0 saturated heterocycles. The van der Waals surface area contributed by atoms with Crippen LogP contribution in [0.25, 0.3) is 0 Å². The molecule has 0 radical (unpaired) electrons. The minimum absolute atomic E-state index is 0.000723. The highest BCUT2D eigenvalue weighted by Crippen LogP contribution is 2.37. The van der Waals surface area contributed by atoms with E-state index >= 15 is 0 Å². The van der Waals surface area contributed by atoms with Crippen LogP contribution in [0.5, 0.6) is 0 Å². The van der Waals surface area contributed by atoms with E-state index in [2.05, 4.69) is 5.32 Å². The number of benzene rings is 2. The fraction of sp³-hybridized carbons (Fsp3) is 0.417. The number of fused-ring (bicyclic) bond motifs is 1. The second-order valence-corrected chi connectivity index (χ2v) is 8.30. The smallest absolute Gasteiger partial charge is 0.244 e. The van der Waals surface area contributed by atoms with Crippen LogP contribution < -0.4 is 5.32 Å². The first-order valence-electron chi connectivity index (χ1n) is 10.5. The van der Waals surface area contributed by atoms with Gasteiger partial charge in [-0.25, -0.2) is 4.39 Å². The van der Waals surface area contributed by atoms with Crippen molar-refractivity contribution in [3.63, 3.8) is 0 Å². The molecule has 2 aliphatic rings. The Morgan fingerprint density at radius 2 is 1.86 bits per heavy atom. The summed E-state index contributed by atoms with van der Waals surface area (Å²) in [6.45, 7) is 1.99. The summed E-state index contributed by atoms with van der Waals surface area (Å²) < 4.78 is 13.6. The van der Waals surface area contributed by atoms with Gasteiger partial charge < -0.3 is 10.2 Å². The van der Waals surface area contributed by atoms with Crippen LogP contribution in [0.2, 0.25) is 0 Å². The molecule has 5 heteroatoms. The Labute approximate surface area is 171 Å². The predicted octanol–water partition coefficient (Wildman–Crippen LogP) is 4.97. The van der Waals surface area contributed by atoms with Crippen molar-refractivity contribution in [1.29, 1.82) is 0 Å². The number of nitrogens with one attached hydrogen (secondary N) is 1. The third-order valence-corrected chi connectivity index (χ3v) is 6.15. The monoisotopic (exact) mass is 394 g/mol. The molecule has 2 aromatic carbocycles. The van der Waals surface area contributed by atoms with Crippen LogP contribution in [0, 0.1) is 18.7 Å². The summed E-state index contributed by atoms with van der Waals surface area (Å²) in [6, 6.07) is 11.6. The van der Waals surface area contributed by atoms with E-state index in [1.807, 2.05) is 25.1 Å². The van der Waals surface area contributed by atoms with Crippen molar-refractivity contribution < 1.29 is 14.0 Å². The highest BCUT2D eigenvalue weighted by molar-refractivity contribution is 5.97. The highest BCUT2D eigenvalue weighted by atomic mass is 19.1. The molecule has 2 amide bonds. The minimum Gasteiger partial charge on any atom is -0.324 e. The first-order valence-corrected chi connectivity index (χ1v) is 10.5. The minimum atomic E-state index is -0.416. The molecule has 1 unspecified atom stereocenters. The Bertz CT molecular complexity index is 904. The van der Waals surface area contributed by atoms with Crippen LogP contribution in [0.15, 0.2) is 42.5 Å². The third kappa shape index (κ3) is 4.34. The normalized spacial score (nSPS) is 19.6. The topological polar surface area (TPSA) is 49.4 Å². The SMILES string of the molecule is Cc1ccc2c(c1)C(c1ccc(F)cc1)N(C(=O)CCC1CCCC1)CC(=O)N2. The molecule has 1 saturated carbocycles.